The molecule has 1 saturated carbocycles. The van der Waals surface area contributed by atoms with Gasteiger partial charge in [-0.15, -0.1) is 9.24 Å². The summed E-state index contributed by atoms with van der Waals surface area (Å²) in [5.74, 6) is 0.339. The Morgan fingerprint density at radius 2 is 1.96 bits per heavy atom. The van der Waals surface area contributed by atoms with E-state index in [0.717, 1.165) is 42.0 Å². The van der Waals surface area contributed by atoms with Crippen LogP contribution in [0.2, 0.25) is 0 Å². The van der Waals surface area contributed by atoms with Crippen LogP contribution in [0.5, 0.6) is 0 Å². The van der Waals surface area contributed by atoms with Crippen LogP contribution in [0.15, 0.2) is 42.5 Å². The highest BCUT2D eigenvalue weighted by Gasteiger charge is 2.27. The third-order valence-corrected chi connectivity index (χ3v) is 5.24. The van der Waals surface area contributed by atoms with Crippen LogP contribution in [0.1, 0.15) is 59.6 Å². The quantitative estimate of drug-likeness (QED) is 0.653. The maximum atomic E-state index is 13.6. The lowest BCUT2D eigenvalue weighted by molar-refractivity contribution is 0.112. The molecule has 4 atom stereocenters. The van der Waals surface area contributed by atoms with Gasteiger partial charge >= 0.3 is 0 Å². The Morgan fingerprint density at radius 3 is 2.62 bits per heavy atom. The molecule has 1 fully saturated rings. The van der Waals surface area contributed by atoms with Crippen molar-refractivity contribution in [3.63, 3.8) is 0 Å². The summed E-state index contributed by atoms with van der Waals surface area (Å²) in [5.41, 5.74) is 3.01. The van der Waals surface area contributed by atoms with Crippen molar-refractivity contribution in [1.29, 1.82) is 0 Å². The molecule has 0 heterocycles. The van der Waals surface area contributed by atoms with Gasteiger partial charge in [-0.1, -0.05) is 30.3 Å². The molecule has 126 valence electrons. The SMILES string of the molecule is CC(NC1CC[C@H](c2ccc(C=O)cc2)C1)c1cc(F)cc(P)c1. The lowest BCUT2D eigenvalue weighted by atomic mass is 9.96. The topological polar surface area (TPSA) is 29.1 Å². The third kappa shape index (κ3) is 4.09. The molecule has 24 heavy (non-hydrogen) atoms. The van der Waals surface area contributed by atoms with E-state index in [1.165, 1.54) is 11.6 Å². The number of nitrogens with one attached hydrogen (secondary N) is 1. The van der Waals surface area contributed by atoms with E-state index in [-0.39, 0.29) is 11.9 Å². The summed E-state index contributed by atoms with van der Waals surface area (Å²) in [6, 6.07) is 13.6. The zero-order valence-electron chi connectivity index (χ0n) is 13.8. The van der Waals surface area contributed by atoms with Crippen LogP contribution in [-0.2, 0) is 0 Å². The lowest BCUT2D eigenvalue weighted by Gasteiger charge is -2.20. The normalized spacial score (nSPS) is 21.6. The van der Waals surface area contributed by atoms with Gasteiger partial charge in [0.25, 0.3) is 0 Å². The molecular weight excluding hydrogens is 320 g/mol. The molecule has 0 aromatic heterocycles. The predicted molar refractivity (Wildman–Crippen MR) is 99.5 cm³/mol. The fourth-order valence-corrected chi connectivity index (χ4v) is 3.97. The van der Waals surface area contributed by atoms with E-state index in [1.807, 2.05) is 18.2 Å². The largest absolute Gasteiger partial charge is 0.307 e. The Hall–Kier alpha value is -1.57. The number of carbonyl (C=O) groups excluding carboxylic acids is 1. The van der Waals surface area contributed by atoms with Gasteiger partial charge in [0, 0.05) is 17.6 Å². The fourth-order valence-electron chi connectivity index (χ4n) is 3.62. The molecule has 1 aliphatic carbocycles. The minimum atomic E-state index is -0.189. The van der Waals surface area contributed by atoms with Gasteiger partial charge < -0.3 is 5.32 Å². The maximum absolute atomic E-state index is 13.6. The third-order valence-electron chi connectivity index (χ3n) is 4.90. The van der Waals surface area contributed by atoms with Crippen molar-refractivity contribution in [2.24, 2.45) is 0 Å². The number of carbonyl (C=O) groups is 1. The Morgan fingerprint density at radius 1 is 1.21 bits per heavy atom. The minimum Gasteiger partial charge on any atom is -0.307 e. The van der Waals surface area contributed by atoms with Gasteiger partial charge in [-0.05, 0) is 60.7 Å². The Kier molecular flexibility index (Phi) is 5.43. The highest BCUT2D eigenvalue weighted by Crippen LogP contribution is 2.35. The number of aldehydes is 1. The molecule has 0 spiro atoms. The summed E-state index contributed by atoms with van der Waals surface area (Å²) in [4.78, 5) is 10.8. The van der Waals surface area contributed by atoms with Crippen molar-refractivity contribution in [3.05, 3.63) is 65.0 Å². The van der Waals surface area contributed by atoms with Crippen LogP contribution in [0.4, 0.5) is 4.39 Å². The molecule has 0 amide bonds. The Bertz CT molecular complexity index is 696. The van der Waals surface area contributed by atoms with Crippen molar-refractivity contribution >= 4 is 20.8 Å². The summed E-state index contributed by atoms with van der Waals surface area (Å²) >= 11 is 0. The van der Waals surface area contributed by atoms with E-state index in [0.29, 0.717) is 12.0 Å². The summed E-state index contributed by atoms with van der Waals surface area (Å²) in [6.07, 6.45) is 4.22. The molecular formula is C20H23FNOP. The average molecular weight is 343 g/mol. The van der Waals surface area contributed by atoms with Gasteiger partial charge in [-0.2, -0.15) is 0 Å². The molecule has 0 aliphatic heterocycles. The van der Waals surface area contributed by atoms with Crippen molar-refractivity contribution in [3.8, 4) is 0 Å². The van der Waals surface area contributed by atoms with Gasteiger partial charge in [0.15, 0.2) is 0 Å². The lowest BCUT2D eigenvalue weighted by Crippen LogP contribution is -2.29. The predicted octanol–water partition coefficient (Wildman–Crippen LogP) is 4.13. The fraction of sp³-hybridized carbons (Fsp3) is 0.350. The van der Waals surface area contributed by atoms with Crippen molar-refractivity contribution in [1.82, 2.24) is 5.32 Å². The number of hydrogen-bond donors (Lipinski definition) is 1. The highest BCUT2D eigenvalue weighted by atomic mass is 31.0. The molecule has 0 saturated heterocycles. The summed E-state index contributed by atoms with van der Waals surface area (Å²) in [7, 11) is 2.56. The zero-order valence-corrected chi connectivity index (χ0v) is 15.0. The number of halogens is 1. The van der Waals surface area contributed by atoms with Crippen LogP contribution in [0.25, 0.3) is 0 Å². The van der Waals surface area contributed by atoms with Gasteiger partial charge in [-0.3, -0.25) is 4.79 Å². The van der Waals surface area contributed by atoms with E-state index < -0.39 is 0 Å². The maximum Gasteiger partial charge on any atom is 0.150 e. The van der Waals surface area contributed by atoms with Gasteiger partial charge in [0.1, 0.15) is 12.1 Å². The van der Waals surface area contributed by atoms with Crippen molar-refractivity contribution in [2.45, 2.75) is 44.2 Å². The Balaban J connectivity index is 1.61. The Labute approximate surface area is 145 Å². The van der Waals surface area contributed by atoms with Crippen LogP contribution in [0.3, 0.4) is 0 Å². The van der Waals surface area contributed by atoms with E-state index in [1.54, 1.807) is 6.07 Å². The second-order valence-corrected chi connectivity index (χ2v) is 7.36. The van der Waals surface area contributed by atoms with E-state index in [4.69, 9.17) is 0 Å². The molecule has 2 aromatic carbocycles. The molecule has 1 aliphatic rings. The monoisotopic (exact) mass is 343 g/mol. The smallest absolute Gasteiger partial charge is 0.150 e. The van der Waals surface area contributed by atoms with E-state index >= 15 is 0 Å². The second kappa shape index (κ2) is 7.55. The summed E-state index contributed by atoms with van der Waals surface area (Å²) in [5, 5.41) is 4.51. The van der Waals surface area contributed by atoms with Crippen LogP contribution in [0, 0.1) is 5.82 Å². The summed E-state index contributed by atoms with van der Waals surface area (Å²) in [6.45, 7) is 2.09. The number of rotatable bonds is 5. The van der Waals surface area contributed by atoms with Crippen LogP contribution >= 0.6 is 9.24 Å². The van der Waals surface area contributed by atoms with Crippen LogP contribution < -0.4 is 10.6 Å². The molecule has 3 unspecified atom stereocenters. The first-order valence-corrected chi connectivity index (χ1v) is 9.00. The molecule has 4 heteroatoms. The minimum absolute atomic E-state index is 0.126. The summed E-state index contributed by atoms with van der Waals surface area (Å²) < 4.78 is 13.6. The molecule has 0 bridgehead atoms. The first-order chi connectivity index (χ1) is 11.5. The van der Waals surface area contributed by atoms with E-state index in [2.05, 4.69) is 33.6 Å². The van der Waals surface area contributed by atoms with E-state index in [9.17, 15) is 9.18 Å². The van der Waals surface area contributed by atoms with Crippen molar-refractivity contribution in [2.75, 3.05) is 0 Å². The molecule has 0 radical (unpaired) electrons. The van der Waals surface area contributed by atoms with Crippen LogP contribution in [-0.4, -0.2) is 12.3 Å². The zero-order chi connectivity index (χ0) is 17.1. The second-order valence-electron chi connectivity index (χ2n) is 6.70. The number of benzene rings is 2. The molecule has 1 N–H and O–H groups in total. The molecule has 2 aromatic rings. The molecule has 3 rings (SSSR count). The van der Waals surface area contributed by atoms with Gasteiger partial charge in [0.05, 0.1) is 0 Å². The van der Waals surface area contributed by atoms with Crippen molar-refractivity contribution < 1.29 is 9.18 Å². The van der Waals surface area contributed by atoms with Gasteiger partial charge in [0.2, 0.25) is 0 Å². The number of hydrogen-bond acceptors (Lipinski definition) is 2. The van der Waals surface area contributed by atoms with Gasteiger partial charge in [-0.25, -0.2) is 4.39 Å². The average Bonchev–Trinajstić information content (AvgIpc) is 3.02. The standard InChI is InChI=1S/C20H23FNOP/c1-13(17-8-18(21)11-20(24)10-17)22-19-7-6-16(9-19)15-4-2-14(12-23)3-5-15/h2-5,8,10-13,16,19,22H,6-7,9,24H2,1H3/t13?,16-,19?/m0/s1. The first-order valence-electron chi connectivity index (χ1n) is 8.42. The highest BCUT2D eigenvalue weighted by molar-refractivity contribution is 7.27. The first kappa shape index (κ1) is 17.3. The molecule has 2 nitrogen and oxygen atoms in total.